The fourth-order valence-corrected chi connectivity index (χ4v) is 2.20. The van der Waals surface area contributed by atoms with Crippen molar-refractivity contribution in [2.24, 2.45) is 0 Å². The van der Waals surface area contributed by atoms with Crippen molar-refractivity contribution in [2.75, 3.05) is 5.32 Å². The Morgan fingerprint density at radius 1 is 0.960 bits per heavy atom. The van der Waals surface area contributed by atoms with Crippen LogP contribution in [-0.4, -0.2) is 15.8 Å². The van der Waals surface area contributed by atoms with Crippen LogP contribution in [0.4, 0.5) is 15.8 Å². The lowest BCUT2D eigenvalue weighted by molar-refractivity contribution is -0.384. The van der Waals surface area contributed by atoms with Gasteiger partial charge in [-0.3, -0.25) is 19.9 Å². The van der Waals surface area contributed by atoms with Gasteiger partial charge in [-0.2, -0.15) is 0 Å². The van der Waals surface area contributed by atoms with Gasteiger partial charge in [0.25, 0.3) is 11.6 Å². The Hall–Kier alpha value is -3.61. The van der Waals surface area contributed by atoms with Gasteiger partial charge < -0.3 is 5.32 Å². The van der Waals surface area contributed by atoms with Gasteiger partial charge in [0.2, 0.25) is 0 Å². The number of nitrogens with one attached hydrogen (secondary N) is 1. The maximum absolute atomic E-state index is 12.9. The predicted molar refractivity (Wildman–Crippen MR) is 90.7 cm³/mol. The average Bonchev–Trinajstić information content (AvgIpc) is 2.63. The molecule has 0 aliphatic carbocycles. The highest BCUT2D eigenvalue weighted by molar-refractivity contribution is 6.03. The number of halogens is 1. The van der Waals surface area contributed by atoms with Crippen molar-refractivity contribution in [3.63, 3.8) is 0 Å². The second-order valence-corrected chi connectivity index (χ2v) is 5.20. The molecule has 7 heteroatoms. The summed E-state index contributed by atoms with van der Waals surface area (Å²) in [6.45, 7) is 0. The van der Waals surface area contributed by atoms with E-state index in [4.69, 9.17) is 0 Å². The number of rotatable bonds is 4. The molecule has 0 spiro atoms. The lowest BCUT2D eigenvalue weighted by atomic mass is 10.1. The highest BCUT2D eigenvalue weighted by Crippen LogP contribution is 2.20. The number of amides is 1. The van der Waals surface area contributed by atoms with E-state index in [1.165, 1.54) is 42.6 Å². The molecule has 0 aliphatic heterocycles. The number of nitrogens with zero attached hydrogens (tertiary/aromatic N) is 2. The molecule has 0 saturated heterocycles. The zero-order valence-electron chi connectivity index (χ0n) is 12.8. The summed E-state index contributed by atoms with van der Waals surface area (Å²) in [5.41, 5.74) is 2.12. The summed E-state index contributed by atoms with van der Waals surface area (Å²) in [5, 5.41) is 13.2. The summed E-state index contributed by atoms with van der Waals surface area (Å²) in [7, 11) is 0. The van der Waals surface area contributed by atoms with Gasteiger partial charge in [0.1, 0.15) is 11.5 Å². The number of carbonyl (C=O) groups is 1. The number of carbonyl (C=O) groups excluding carboxylic acids is 1. The molecule has 0 fully saturated rings. The minimum Gasteiger partial charge on any atom is -0.321 e. The molecule has 3 rings (SSSR count). The Bertz CT molecular complexity index is 908. The number of nitro benzene ring substituents is 1. The SMILES string of the molecule is O=C(Nc1ccc([N+](=O)[O-])cc1)c1ccc(-c2ccc(F)cc2)cn1. The van der Waals surface area contributed by atoms with Gasteiger partial charge in [-0.1, -0.05) is 18.2 Å². The van der Waals surface area contributed by atoms with Gasteiger partial charge in [-0.05, 0) is 35.9 Å². The van der Waals surface area contributed by atoms with E-state index in [2.05, 4.69) is 10.3 Å². The number of aromatic nitrogens is 1. The Balaban J connectivity index is 1.72. The first-order valence-electron chi connectivity index (χ1n) is 7.31. The van der Waals surface area contributed by atoms with Crippen LogP contribution < -0.4 is 5.32 Å². The summed E-state index contributed by atoms with van der Waals surface area (Å²) < 4.78 is 12.9. The Labute approximate surface area is 142 Å². The zero-order chi connectivity index (χ0) is 17.8. The number of pyridine rings is 1. The quantitative estimate of drug-likeness (QED) is 0.575. The molecule has 3 aromatic rings. The molecule has 0 saturated carbocycles. The van der Waals surface area contributed by atoms with Gasteiger partial charge in [0.15, 0.2) is 0 Å². The smallest absolute Gasteiger partial charge is 0.274 e. The van der Waals surface area contributed by atoms with Crippen molar-refractivity contribution < 1.29 is 14.1 Å². The molecule has 1 aromatic heterocycles. The molecule has 1 amide bonds. The lowest BCUT2D eigenvalue weighted by Gasteiger charge is -2.06. The summed E-state index contributed by atoms with van der Waals surface area (Å²) in [4.78, 5) is 26.4. The van der Waals surface area contributed by atoms with Gasteiger partial charge in [0, 0.05) is 29.6 Å². The molecular formula is C18H12FN3O3. The van der Waals surface area contributed by atoms with Crippen LogP contribution in [0.2, 0.25) is 0 Å². The topological polar surface area (TPSA) is 85.1 Å². The normalized spacial score (nSPS) is 10.3. The Morgan fingerprint density at radius 2 is 1.60 bits per heavy atom. The van der Waals surface area contributed by atoms with Crippen molar-refractivity contribution in [1.82, 2.24) is 4.98 Å². The van der Waals surface area contributed by atoms with E-state index in [1.807, 2.05) is 0 Å². The second-order valence-electron chi connectivity index (χ2n) is 5.20. The molecule has 25 heavy (non-hydrogen) atoms. The fraction of sp³-hybridized carbons (Fsp3) is 0. The maximum atomic E-state index is 12.9. The highest BCUT2D eigenvalue weighted by atomic mass is 19.1. The summed E-state index contributed by atoms with van der Waals surface area (Å²) in [6, 6.07) is 14.7. The molecule has 0 bridgehead atoms. The van der Waals surface area contributed by atoms with E-state index >= 15 is 0 Å². The molecule has 0 radical (unpaired) electrons. The lowest BCUT2D eigenvalue weighted by Crippen LogP contribution is -2.13. The van der Waals surface area contributed by atoms with Crippen LogP contribution in [-0.2, 0) is 0 Å². The molecule has 0 aliphatic rings. The number of benzene rings is 2. The van der Waals surface area contributed by atoms with Gasteiger partial charge >= 0.3 is 0 Å². The van der Waals surface area contributed by atoms with Gasteiger partial charge in [-0.15, -0.1) is 0 Å². The monoisotopic (exact) mass is 337 g/mol. The van der Waals surface area contributed by atoms with Crippen LogP contribution in [0.3, 0.4) is 0 Å². The number of non-ortho nitro benzene ring substituents is 1. The van der Waals surface area contributed by atoms with E-state index in [-0.39, 0.29) is 17.2 Å². The van der Waals surface area contributed by atoms with Crippen LogP contribution in [0, 0.1) is 15.9 Å². The number of nitro groups is 1. The third kappa shape index (κ3) is 3.84. The zero-order valence-corrected chi connectivity index (χ0v) is 12.8. The van der Waals surface area contributed by atoms with Crippen molar-refractivity contribution in [3.05, 3.63) is 88.5 Å². The highest BCUT2D eigenvalue weighted by Gasteiger charge is 2.10. The first kappa shape index (κ1) is 16.3. The van der Waals surface area contributed by atoms with Crippen LogP contribution in [0.25, 0.3) is 11.1 Å². The van der Waals surface area contributed by atoms with Gasteiger partial charge in [0.05, 0.1) is 4.92 Å². The molecule has 1 heterocycles. The molecule has 2 aromatic carbocycles. The standard InChI is InChI=1S/C18H12FN3O3/c19-14-4-1-12(2-5-14)13-3-10-17(20-11-13)18(23)21-15-6-8-16(9-7-15)22(24)25/h1-11H,(H,21,23). The summed E-state index contributed by atoms with van der Waals surface area (Å²) in [5.74, 6) is -0.754. The molecule has 6 nitrogen and oxygen atoms in total. The van der Waals surface area contributed by atoms with E-state index in [0.717, 1.165) is 11.1 Å². The average molecular weight is 337 g/mol. The van der Waals surface area contributed by atoms with Crippen LogP contribution in [0.1, 0.15) is 10.5 Å². The first-order chi connectivity index (χ1) is 12.0. The largest absolute Gasteiger partial charge is 0.321 e. The molecular weight excluding hydrogens is 325 g/mol. The van der Waals surface area contributed by atoms with Crippen molar-refractivity contribution in [2.45, 2.75) is 0 Å². The van der Waals surface area contributed by atoms with E-state index in [0.29, 0.717) is 5.69 Å². The summed E-state index contributed by atoms with van der Waals surface area (Å²) >= 11 is 0. The van der Waals surface area contributed by atoms with E-state index in [1.54, 1.807) is 24.3 Å². The van der Waals surface area contributed by atoms with Gasteiger partial charge in [-0.25, -0.2) is 4.39 Å². The van der Waals surface area contributed by atoms with Crippen molar-refractivity contribution >= 4 is 17.3 Å². The molecule has 0 unspecified atom stereocenters. The number of anilines is 1. The van der Waals surface area contributed by atoms with E-state index < -0.39 is 10.8 Å². The maximum Gasteiger partial charge on any atom is 0.274 e. The van der Waals surface area contributed by atoms with Crippen LogP contribution in [0.15, 0.2) is 66.9 Å². The fourth-order valence-electron chi connectivity index (χ4n) is 2.20. The van der Waals surface area contributed by atoms with Crippen LogP contribution >= 0.6 is 0 Å². The minimum absolute atomic E-state index is 0.0558. The number of hydrogen-bond acceptors (Lipinski definition) is 4. The Morgan fingerprint density at radius 3 is 2.16 bits per heavy atom. The first-order valence-corrected chi connectivity index (χ1v) is 7.31. The van der Waals surface area contributed by atoms with Crippen molar-refractivity contribution in [3.8, 4) is 11.1 Å². The molecule has 1 N–H and O–H groups in total. The van der Waals surface area contributed by atoms with Crippen LogP contribution in [0.5, 0.6) is 0 Å². The van der Waals surface area contributed by atoms with E-state index in [9.17, 15) is 19.3 Å². The third-order valence-corrected chi connectivity index (χ3v) is 3.51. The van der Waals surface area contributed by atoms with Crippen molar-refractivity contribution in [1.29, 1.82) is 0 Å². The number of hydrogen-bond donors (Lipinski definition) is 1. The second kappa shape index (κ2) is 6.88. The molecule has 124 valence electrons. The molecule has 0 atom stereocenters. The minimum atomic E-state index is -0.513. The summed E-state index contributed by atoms with van der Waals surface area (Å²) in [6.07, 6.45) is 1.53. The Kier molecular flexibility index (Phi) is 4.47. The third-order valence-electron chi connectivity index (χ3n) is 3.51. The predicted octanol–water partition coefficient (Wildman–Crippen LogP) is 4.05.